The molecule has 1 aliphatic rings. The standard InChI is InChI=1S/C14H30N4O.HI/c1-11(2)13(18-6-8-19-9-7-18)10-16-14(15-5)17-12(3)4;/h11-13H,6-10H2,1-5H3,(H2,15,16,17);1H. The Morgan fingerprint density at radius 3 is 2.25 bits per heavy atom. The molecule has 0 aromatic carbocycles. The number of ether oxygens (including phenoxy) is 1. The van der Waals surface area contributed by atoms with Crippen molar-refractivity contribution in [1.29, 1.82) is 0 Å². The highest BCUT2D eigenvalue weighted by atomic mass is 127. The average molecular weight is 398 g/mol. The fraction of sp³-hybridized carbons (Fsp3) is 0.929. The number of hydrogen-bond donors (Lipinski definition) is 2. The second-order valence-corrected chi connectivity index (χ2v) is 5.71. The third-order valence-corrected chi connectivity index (χ3v) is 3.41. The zero-order valence-electron chi connectivity index (χ0n) is 13.5. The molecule has 1 heterocycles. The van der Waals surface area contributed by atoms with Crippen LogP contribution >= 0.6 is 24.0 Å². The number of aliphatic imine (C=N–C) groups is 1. The van der Waals surface area contributed by atoms with E-state index in [1.165, 1.54) is 0 Å². The highest BCUT2D eigenvalue weighted by Crippen LogP contribution is 2.12. The Bertz CT molecular complexity index is 278. The predicted octanol–water partition coefficient (Wildman–Crippen LogP) is 1.53. The van der Waals surface area contributed by atoms with Crippen LogP contribution in [0.15, 0.2) is 4.99 Å². The Labute approximate surface area is 140 Å². The van der Waals surface area contributed by atoms with Crippen molar-refractivity contribution in [3.8, 4) is 0 Å². The van der Waals surface area contributed by atoms with Crippen molar-refractivity contribution in [1.82, 2.24) is 15.5 Å². The van der Waals surface area contributed by atoms with Gasteiger partial charge in [-0.1, -0.05) is 13.8 Å². The van der Waals surface area contributed by atoms with Crippen LogP contribution in [-0.4, -0.2) is 62.8 Å². The van der Waals surface area contributed by atoms with Crippen molar-refractivity contribution >= 4 is 29.9 Å². The van der Waals surface area contributed by atoms with E-state index in [9.17, 15) is 0 Å². The van der Waals surface area contributed by atoms with Crippen molar-refractivity contribution in [2.24, 2.45) is 10.9 Å². The van der Waals surface area contributed by atoms with Crippen LogP contribution in [0.25, 0.3) is 0 Å². The molecule has 0 bridgehead atoms. The van der Waals surface area contributed by atoms with E-state index in [-0.39, 0.29) is 24.0 Å². The summed E-state index contributed by atoms with van der Waals surface area (Å²) in [7, 11) is 1.82. The molecule has 1 rings (SSSR count). The van der Waals surface area contributed by atoms with Crippen molar-refractivity contribution < 1.29 is 4.74 Å². The first-order chi connectivity index (χ1) is 9.04. The molecule has 0 radical (unpaired) electrons. The minimum Gasteiger partial charge on any atom is -0.379 e. The Hall–Kier alpha value is -0.0800. The van der Waals surface area contributed by atoms with Gasteiger partial charge in [0.2, 0.25) is 0 Å². The lowest BCUT2D eigenvalue weighted by atomic mass is 10.0. The molecular weight excluding hydrogens is 367 g/mol. The van der Waals surface area contributed by atoms with E-state index in [0.29, 0.717) is 18.0 Å². The summed E-state index contributed by atoms with van der Waals surface area (Å²) in [5.41, 5.74) is 0. The minimum absolute atomic E-state index is 0. The number of nitrogens with one attached hydrogen (secondary N) is 2. The maximum Gasteiger partial charge on any atom is 0.191 e. The van der Waals surface area contributed by atoms with E-state index in [1.54, 1.807) is 0 Å². The van der Waals surface area contributed by atoms with Gasteiger partial charge in [-0.3, -0.25) is 9.89 Å². The zero-order valence-corrected chi connectivity index (χ0v) is 15.8. The van der Waals surface area contributed by atoms with Gasteiger partial charge in [-0.25, -0.2) is 0 Å². The molecule has 1 unspecified atom stereocenters. The molecule has 1 atom stereocenters. The molecule has 0 amide bonds. The van der Waals surface area contributed by atoms with Crippen LogP contribution in [0.4, 0.5) is 0 Å². The van der Waals surface area contributed by atoms with Crippen LogP contribution in [0, 0.1) is 5.92 Å². The number of halogens is 1. The number of morpholine rings is 1. The third-order valence-electron chi connectivity index (χ3n) is 3.41. The summed E-state index contributed by atoms with van der Waals surface area (Å²) in [6, 6.07) is 0.918. The van der Waals surface area contributed by atoms with Crippen molar-refractivity contribution in [3.05, 3.63) is 0 Å². The van der Waals surface area contributed by atoms with Crippen molar-refractivity contribution in [3.63, 3.8) is 0 Å². The van der Waals surface area contributed by atoms with E-state index in [0.717, 1.165) is 38.8 Å². The van der Waals surface area contributed by atoms with E-state index in [1.807, 2.05) is 7.05 Å². The lowest BCUT2D eigenvalue weighted by Gasteiger charge is -2.37. The normalized spacial score (nSPS) is 18.9. The third kappa shape index (κ3) is 7.08. The van der Waals surface area contributed by atoms with Crippen LogP contribution in [0.1, 0.15) is 27.7 Å². The number of nitrogens with zero attached hydrogens (tertiary/aromatic N) is 2. The summed E-state index contributed by atoms with van der Waals surface area (Å²) in [6.45, 7) is 13.5. The van der Waals surface area contributed by atoms with Crippen LogP contribution in [0.2, 0.25) is 0 Å². The maximum absolute atomic E-state index is 5.43. The maximum atomic E-state index is 5.43. The molecule has 0 aromatic heterocycles. The van der Waals surface area contributed by atoms with Gasteiger partial charge < -0.3 is 15.4 Å². The number of hydrogen-bond acceptors (Lipinski definition) is 3. The largest absolute Gasteiger partial charge is 0.379 e. The highest BCUT2D eigenvalue weighted by molar-refractivity contribution is 14.0. The minimum atomic E-state index is 0. The van der Waals surface area contributed by atoms with Crippen LogP contribution in [0.3, 0.4) is 0 Å². The fourth-order valence-corrected chi connectivity index (χ4v) is 2.36. The van der Waals surface area contributed by atoms with Gasteiger partial charge in [-0.2, -0.15) is 0 Å². The molecule has 1 saturated heterocycles. The second kappa shape index (κ2) is 10.6. The predicted molar refractivity (Wildman–Crippen MR) is 96.1 cm³/mol. The van der Waals surface area contributed by atoms with E-state index in [4.69, 9.17) is 4.74 Å². The van der Waals surface area contributed by atoms with Gasteiger partial charge in [0.25, 0.3) is 0 Å². The summed E-state index contributed by atoms with van der Waals surface area (Å²) in [4.78, 5) is 6.77. The molecule has 0 saturated carbocycles. The second-order valence-electron chi connectivity index (χ2n) is 5.71. The van der Waals surface area contributed by atoms with Crippen molar-refractivity contribution in [2.75, 3.05) is 39.9 Å². The first-order valence-electron chi connectivity index (χ1n) is 7.33. The molecule has 6 heteroatoms. The quantitative estimate of drug-likeness (QED) is 0.419. The topological polar surface area (TPSA) is 48.9 Å². The average Bonchev–Trinajstić information content (AvgIpc) is 2.38. The van der Waals surface area contributed by atoms with Gasteiger partial charge in [0.05, 0.1) is 13.2 Å². The summed E-state index contributed by atoms with van der Waals surface area (Å²) in [5.74, 6) is 1.50. The van der Waals surface area contributed by atoms with Gasteiger partial charge in [-0.15, -0.1) is 24.0 Å². The molecule has 0 aromatic rings. The highest BCUT2D eigenvalue weighted by Gasteiger charge is 2.23. The molecule has 20 heavy (non-hydrogen) atoms. The van der Waals surface area contributed by atoms with Gasteiger partial charge in [0.15, 0.2) is 5.96 Å². The molecule has 120 valence electrons. The first kappa shape index (κ1) is 19.9. The van der Waals surface area contributed by atoms with Gasteiger partial charge >= 0.3 is 0 Å². The summed E-state index contributed by atoms with van der Waals surface area (Å²) >= 11 is 0. The molecule has 0 aliphatic carbocycles. The Morgan fingerprint density at radius 2 is 1.80 bits per heavy atom. The molecular formula is C14H31IN4O. The number of rotatable bonds is 5. The molecule has 1 fully saturated rings. The van der Waals surface area contributed by atoms with Gasteiger partial charge in [-0.05, 0) is 19.8 Å². The summed E-state index contributed by atoms with van der Waals surface area (Å²) in [6.07, 6.45) is 0. The van der Waals surface area contributed by atoms with E-state index in [2.05, 4.69) is 48.2 Å². The smallest absolute Gasteiger partial charge is 0.191 e. The monoisotopic (exact) mass is 398 g/mol. The zero-order chi connectivity index (χ0) is 14.3. The lowest BCUT2D eigenvalue weighted by molar-refractivity contribution is 0.00752. The summed E-state index contributed by atoms with van der Waals surface area (Å²) in [5, 5.41) is 6.76. The SMILES string of the molecule is CN=C(NCC(C(C)C)N1CCOCC1)NC(C)C.I. The van der Waals surface area contributed by atoms with Crippen LogP contribution in [0.5, 0.6) is 0 Å². The molecule has 5 nitrogen and oxygen atoms in total. The molecule has 0 spiro atoms. The van der Waals surface area contributed by atoms with Crippen molar-refractivity contribution in [2.45, 2.75) is 39.8 Å². The summed E-state index contributed by atoms with van der Waals surface area (Å²) < 4.78 is 5.43. The molecule has 1 aliphatic heterocycles. The lowest BCUT2D eigenvalue weighted by Crippen LogP contribution is -2.53. The Morgan fingerprint density at radius 1 is 1.20 bits per heavy atom. The van der Waals surface area contributed by atoms with Crippen LogP contribution in [-0.2, 0) is 4.74 Å². The Balaban J connectivity index is 0.00000361. The molecule has 2 N–H and O–H groups in total. The van der Waals surface area contributed by atoms with Gasteiger partial charge in [0.1, 0.15) is 0 Å². The number of guanidine groups is 1. The Kier molecular flexibility index (Phi) is 10.6. The van der Waals surface area contributed by atoms with Gasteiger partial charge in [0, 0.05) is 38.8 Å². The first-order valence-corrected chi connectivity index (χ1v) is 7.33. The van der Waals surface area contributed by atoms with E-state index >= 15 is 0 Å². The van der Waals surface area contributed by atoms with Crippen LogP contribution < -0.4 is 10.6 Å². The van der Waals surface area contributed by atoms with E-state index < -0.39 is 0 Å². The fourth-order valence-electron chi connectivity index (χ4n) is 2.36.